The molecule has 3 aromatic rings. The van der Waals surface area contributed by atoms with Crippen molar-refractivity contribution in [2.24, 2.45) is 0 Å². The predicted octanol–water partition coefficient (Wildman–Crippen LogP) is 5.14. The van der Waals surface area contributed by atoms with Crippen LogP contribution in [-0.2, 0) is 9.59 Å². The highest BCUT2D eigenvalue weighted by Crippen LogP contribution is 2.45. The number of nitrogens with zero attached hydrogens (tertiary/aromatic N) is 1. The third-order valence-electron chi connectivity index (χ3n) is 5.32. The summed E-state index contributed by atoms with van der Waals surface area (Å²) in [4.78, 5) is 28.4. The average Bonchev–Trinajstić information content (AvgIpc) is 3.29. The Morgan fingerprint density at radius 3 is 2.42 bits per heavy atom. The summed E-state index contributed by atoms with van der Waals surface area (Å²) in [6.45, 7) is 3.80. The molecule has 0 spiro atoms. The minimum absolute atomic E-state index is 0.0172. The van der Waals surface area contributed by atoms with Gasteiger partial charge in [0.1, 0.15) is 23.4 Å². The molecule has 1 N–H and O–H groups in total. The summed E-state index contributed by atoms with van der Waals surface area (Å²) in [5.41, 5.74) is 2.35. The van der Waals surface area contributed by atoms with Crippen molar-refractivity contribution in [2.75, 3.05) is 12.0 Å². The van der Waals surface area contributed by atoms with Gasteiger partial charge in [0.2, 0.25) is 0 Å². The van der Waals surface area contributed by atoms with E-state index in [1.165, 1.54) is 35.5 Å². The zero-order chi connectivity index (χ0) is 22.3. The number of rotatable bonds is 4. The van der Waals surface area contributed by atoms with Gasteiger partial charge in [0.25, 0.3) is 11.7 Å². The Labute approximate surface area is 183 Å². The molecule has 1 atom stereocenters. The van der Waals surface area contributed by atoms with Gasteiger partial charge < -0.3 is 9.84 Å². The van der Waals surface area contributed by atoms with Gasteiger partial charge in [0, 0.05) is 10.6 Å². The second kappa shape index (κ2) is 8.00. The number of aliphatic hydroxyl groups excluding tert-OH is 1. The number of methoxy groups -OCH3 is 1. The first-order valence-corrected chi connectivity index (χ1v) is 10.5. The zero-order valence-electron chi connectivity index (χ0n) is 17.2. The Hall–Kier alpha value is -3.45. The molecule has 1 amide bonds. The molecule has 158 valence electrons. The second-order valence-electron chi connectivity index (χ2n) is 7.32. The van der Waals surface area contributed by atoms with Gasteiger partial charge in [-0.25, -0.2) is 4.39 Å². The van der Waals surface area contributed by atoms with Crippen molar-refractivity contribution in [1.29, 1.82) is 0 Å². The summed E-state index contributed by atoms with van der Waals surface area (Å²) < 4.78 is 19.2. The largest absolute Gasteiger partial charge is 0.507 e. The molecular weight excluding hydrogens is 417 g/mol. The Balaban J connectivity index is 1.98. The normalized spacial score (nSPS) is 17.9. The van der Waals surface area contributed by atoms with Crippen molar-refractivity contribution in [3.63, 3.8) is 0 Å². The lowest BCUT2D eigenvalue weighted by Gasteiger charge is -2.25. The highest BCUT2D eigenvalue weighted by atomic mass is 32.1. The molecule has 1 aromatic heterocycles. The van der Waals surface area contributed by atoms with Gasteiger partial charge in [-0.2, -0.15) is 0 Å². The molecule has 7 heteroatoms. The topological polar surface area (TPSA) is 66.8 Å². The molecule has 1 fully saturated rings. The number of ketones is 1. The number of carbonyl (C=O) groups is 2. The second-order valence-corrected chi connectivity index (χ2v) is 8.26. The van der Waals surface area contributed by atoms with E-state index in [0.29, 0.717) is 5.69 Å². The summed E-state index contributed by atoms with van der Waals surface area (Å²) in [5, 5.41) is 13.0. The Kier molecular flexibility index (Phi) is 5.37. The molecule has 31 heavy (non-hydrogen) atoms. The number of halogens is 1. The van der Waals surface area contributed by atoms with E-state index in [9.17, 15) is 19.1 Å². The molecule has 1 unspecified atom stereocenters. The van der Waals surface area contributed by atoms with Gasteiger partial charge in [0.05, 0.1) is 18.2 Å². The Bertz CT molecular complexity index is 1210. The lowest BCUT2D eigenvalue weighted by atomic mass is 9.97. The van der Waals surface area contributed by atoms with Crippen LogP contribution in [-0.4, -0.2) is 23.9 Å². The first kappa shape index (κ1) is 20.8. The zero-order valence-corrected chi connectivity index (χ0v) is 18.0. The number of hydrogen-bond donors (Lipinski definition) is 1. The summed E-state index contributed by atoms with van der Waals surface area (Å²) >= 11 is 1.39. The van der Waals surface area contributed by atoms with Gasteiger partial charge in [-0.3, -0.25) is 14.5 Å². The van der Waals surface area contributed by atoms with Crippen LogP contribution in [0.5, 0.6) is 5.75 Å². The number of anilines is 1. The van der Waals surface area contributed by atoms with E-state index in [4.69, 9.17) is 4.74 Å². The summed E-state index contributed by atoms with van der Waals surface area (Å²) in [7, 11) is 1.38. The lowest BCUT2D eigenvalue weighted by molar-refractivity contribution is -0.132. The van der Waals surface area contributed by atoms with Crippen LogP contribution in [0.4, 0.5) is 10.1 Å². The van der Waals surface area contributed by atoms with E-state index in [1.54, 1.807) is 12.1 Å². The summed E-state index contributed by atoms with van der Waals surface area (Å²) in [5.74, 6) is -2.45. The van der Waals surface area contributed by atoms with Gasteiger partial charge in [0.15, 0.2) is 0 Å². The van der Waals surface area contributed by atoms with Crippen LogP contribution in [0.25, 0.3) is 5.76 Å². The first-order chi connectivity index (χ1) is 14.8. The van der Waals surface area contributed by atoms with Crippen LogP contribution in [0.2, 0.25) is 0 Å². The molecule has 5 nitrogen and oxygen atoms in total. The summed E-state index contributed by atoms with van der Waals surface area (Å²) in [6.07, 6.45) is 0. The average molecular weight is 437 g/mol. The Morgan fingerprint density at radius 2 is 1.81 bits per heavy atom. The van der Waals surface area contributed by atoms with Gasteiger partial charge in [-0.1, -0.05) is 17.7 Å². The fourth-order valence-electron chi connectivity index (χ4n) is 3.73. The van der Waals surface area contributed by atoms with Crippen molar-refractivity contribution in [3.05, 3.63) is 86.9 Å². The maximum Gasteiger partial charge on any atom is 0.300 e. The molecule has 1 aliphatic heterocycles. The van der Waals surface area contributed by atoms with Crippen LogP contribution in [0.3, 0.4) is 0 Å². The standard InChI is InChI=1S/C24H20FNO4S/c1-13-4-7-16(8-5-13)26-20(23-14(2)10-11-31-23)19(22(28)24(26)29)21(27)17-12-15(25)6-9-18(17)30-3/h4-12,20,27H,1-3H3/b21-19+. The Morgan fingerprint density at radius 1 is 1.10 bits per heavy atom. The van der Waals surface area contributed by atoms with Crippen LogP contribution in [0.1, 0.15) is 27.6 Å². The molecule has 0 aliphatic carbocycles. The highest BCUT2D eigenvalue weighted by Gasteiger charge is 2.48. The number of hydrogen-bond acceptors (Lipinski definition) is 5. The fourth-order valence-corrected chi connectivity index (χ4v) is 4.75. The molecule has 1 saturated heterocycles. The minimum Gasteiger partial charge on any atom is -0.507 e. The van der Waals surface area contributed by atoms with Crippen LogP contribution in [0, 0.1) is 19.7 Å². The number of Topliss-reactive ketones (excluding diaryl/α,β-unsaturated/α-hetero) is 1. The number of benzene rings is 2. The number of aliphatic hydroxyl groups is 1. The van der Waals surface area contributed by atoms with Gasteiger partial charge >= 0.3 is 0 Å². The minimum atomic E-state index is -0.837. The maximum absolute atomic E-state index is 14.0. The molecule has 2 aromatic carbocycles. The van der Waals surface area contributed by atoms with Crippen LogP contribution >= 0.6 is 11.3 Å². The van der Waals surface area contributed by atoms with E-state index in [0.717, 1.165) is 22.1 Å². The predicted molar refractivity (Wildman–Crippen MR) is 118 cm³/mol. The number of ether oxygens (including phenoxy) is 1. The van der Waals surface area contributed by atoms with E-state index in [-0.39, 0.29) is 16.9 Å². The molecular formula is C24H20FNO4S. The van der Waals surface area contributed by atoms with E-state index in [2.05, 4.69) is 0 Å². The van der Waals surface area contributed by atoms with E-state index in [1.807, 2.05) is 37.4 Å². The third kappa shape index (κ3) is 3.51. The summed E-state index contributed by atoms with van der Waals surface area (Å²) in [6, 6.07) is 11.9. The smallest absolute Gasteiger partial charge is 0.300 e. The van der Waals surface area contributed by atoms with Crippen LogP contribution in [0.15, 0.2) is 59.5 Å². The van der Waals surface area contributed by atoms with Gasteiger partial charge in [-0.05, 0) is 61.2 Å². The highest BCUT2D eigenvalue weighted by molar-refractivity contribution is 7.10. The maximum atomic E-state index is 14.0. The molecule has 4 rings (SSSR count). The molecule has 0 bridgehead atoms. The lowest BCUT2D eigenvalue weighted by Crippen LogP contribution is -2.29. The molecule has 0 radical (unpaired) electrons. The molecule has 1 aliphatic rings. The number of thiophene rings is 1. The molecule has 2 heterocycles. The van der Waals surface area contributed by atoms with Crippen molar-refractivity contribution < 1.29 is 23.8 Å². The van der Waals surface area contributed by atoms with Crippen LogP contribution < -0.4 is 9.64 Å². The third-order valence-corrected chi connectivity index (χ3v) is 6.39. The van der Waals surface area contributed by atoms with Crippen molar-refractivity contribution in [1.82, 2.24) is 0 Å². The van der Waals surface area contributed by atoms with E-state index < -0.39 is 29.3 Å². The van der Waals surface area contributed by atoms with Crippen molar-refractivity contribution in [3.8, 4) is 5.75 Å². The van der Waals surface area contributed by atoms with Crippen molar-refractivity contribution in [2.45, 2.75) is 19.9 Å². The fraction of sp³-hybridized carbons (Fsp3) is 0.167. The number of carbonyl (C=O) groups excluding carboxylic acids is 2. The monoisotopic (exact) mass is 437 g/mol. The van der Waals surface area contributed by atoms with E-state index >= 15 is 0 Å². The quantitative estimate of drug-likeness (QED) is 0.349. The number of amides is 1. The first-order valence-electron chi connectivity index (χ1n) is 9.59. The SMILES string of the molecule is COc1ccc(F)cc1/C(O)=C1\C(=O)C(=O)N(c2ccc(C)cc2)C1c1sccc1C. The van der Waals surface area contributed by atoms with Crippen molar-refractivity contribution >= 4 is 34.5 Å². The van der Waals surface area contributed by atoms with Gasteiger partial charge in [-0.15, -0.1) is 11.3 Å². The number of aryl methyl sites for hydroxylation is 2. The molecule has 0 saturated carbocycles.